The van der Waals surface area contributed by atoms with E-state index in [2.05, 4.69) is 5.92 Å². The zero-order valence-electron chi connectivity index (χ0n) is 9.90. The fourth-order valence-electron chi connectivity index (χ4n) is 2.00. The van der Waals surface area contributed by atoms with Crippen LogP contribution in [-0.2, 0) is 9.59 Å². The van der Waals surface area contributed by atoms with Crippen LogP contribution < -0.4 is 0 Å². The Labute approximate surface area is 96.6 Å². The van der Waals surface area contributed by atoms with Crippen LogP contribution in [0.4, 0.5) is 0 Å². The number of likely N-dealkylation sites (tertiary alicyclic amines) is 1. The highest BCUT2D eigenvalue weighted by Gasteiger charge is 2.32. The summed E-state index contributed by atoms with van der Waals surface area (Å²) in [6.45, 7) is 2.89. The third kappa shape index (κ3) is 2.54. The van der Waals surface area contributed by atoms with E-state index in [1.54, 1.807) is 11.9 Å². The molecule has 0 aromatic rings. The SMILES string of the molecule is C#CCN(C)C(=O)[C@@H](CC)N1CCCC1=O. The van der Waals surface area contributed by atoms with E-state index in [0.717, 1.165) is 6.42 Å². The molecule has 88 valence electrons. The highest BCUT2D eigenvalue weighted by atomic mass is 16.2. The van der Waals surface area contributed by atoms with Crippen molar-refractivity contribution in [2.24, 2.45) is 0 Å². The van der Waals surface area contributed by atoms with Crippen LogP contribution in [0.2, 0.25) is 0 Å². The summed E-state index contributed by atoms with van der Waals surface area (Å²) in [5.41, 5.74) is 0. The van der Waals surface area contributed by atoms with Gasteiger partial charge in [0.15, 0.2) is 0 Å². The van der Waals surface area contributed by atoms with E-state index in [9.17, 15) is 9.59 Å². The minimum Gasteiger partial charge on any atom is -0.333 e. The molecule has 0 N–H and O–H groups in total. The second-order valence-electron chi connectivity index (χ2n) is 4.01. The Morgan fingerprint density at radius 1 is 1.69 bits per heavy atom. The number of carbonyl (C=O) groups is 2. The monoisotopic (exact) mass is 222 g/mol. The van der Waals surface area contributed by atoms with Crippen LogP contribution in [0.25, 0.3) is 0 Å². The molecule has 0 unspecified atom stereocenters. The zero-order valence-corrected chi connectivity index (χ0v) is 9.90. The number of likely N-dealkylation sites (N-methyl/N-ethyl adjacent to an activating group) is 1. The molecule has 2 amide bonds. The molecule has 1 heterocycles. The summed E-state index contributed by atoms with van der Waals surface area (Å²) < 4.78 is 0. The highest BCUT2D eigenvalue weighted by Crippen LogP contribution is 2.17. The normalized spacial score (nSPS) is 17.1. The van der Waals surface area contributed by atoms with Gasteiger partial charge < -0.3 is 9.80 Å². The van der Waals surface area contributed by atoms with Gasteiger partial charge in [0.25, 0.3) is 0 Å². The van der Waals surface area contributed by atoms with Crippen molar-refractivity contribution in [2.45, 2.75) is 32.2 Å². The summed E-state index contributed by atoms with van der Waals surface area (Å²) in [6.07, 6.45) is 7.21. The van der Waals surface area contributed by atoms with Crippen molar-refractivity contribution < 1.29 is 9.59 Å². The maximum absolute atomic E-state index is 12.0. The molecule has 1 aliphatic rings. The average molecular weight is 222 g/mol. The molecule has 0 aromatic heterocycles. The third-order valence-electron chi connectivity index (χ3n) is 2.86. The molecule has 1 aliphatic heterocycles. The Bertz CT molecular complexity index is 319. The van der Waals surface area contributed by atoms with E-state index in [0.29, 0.717) is 19.4 Å². The largest absolute Gasteiger partial charge is 0.333 e. The van der Waals surface area contributed by atoms with Crippen LogP contribution in [0.15, 0.2) is 0 Å². The molecule has 0 aliphatic carbocycles. The highest BCUT2D eigenvalue weighted by molar-refractivity contribution is 5.88. The van der Waals surface area contributed by atoms with Crippen LogP contribution in [0, 0.1) is 12.3 Å². The van der Waals surface area contributed by atoms with E-state index in [4.69, 9.17) is 6.42 Å². The number of hydrogen-bond acceptors (Lipinski definition) is 2. The van der Waals surface area contributed by atoms with Gasteiger partial charge in [0.05, 0.1) is 6.54 Å². The smallest absolute Gasteiger partial charge is 0.245 e. The Morgan fingerprint density at radius 3 is 2.81 bits per heavy atom. The average Bonchev–Trinajstić information content (AvgIpc) is 2.66. The maximum atomic E-state index is 12.0. The van der Waals surface area contributed by atoms with Gasteiger partial charge in [0.2, 0.25) is 11.8 Å². The van der Waals surface area contributed by atoms with Crippen molar-refractivity contribution in [3.05, 3.63) is 0 Å². The van der Waals surface area contributed by atoms with Gasteiger partial charge in [-0.25, -0.2) is 0 Å². The van der Waals surface area contributed by atoms with Crippen molar-refractivity contribution >= 4 is 11.8 Å². The first kappa shape index (κ1) is 12.6. The minimum absolute atomic E-state index is 0.0595. The molecule has 0 saturated carbocycles. The van der Waals surface area contributed by atoms with E-state index in [1.165, 1.54) is 4.90 Å². The van der Waals surface area contributed by atoms with Crippen LogP contribution in [-0.4, -0.2) is 47.8 Å². The topological polar surface area (TPSA) is 40.6 Å². The summed E-state index contributed by atoms with van der Waals surface area (Å²) in [5.74, 6) is 2.45. The van der Waals surface area contributed by atoms with Gasteiger partial charge in [0, 0.05) is 20.0 Å². The molecule has 4 heteroatoms. The Hall–Kier alpha value is -1.50. The van der Waals surface area contributed by atoms with Gasteiger partial charge in [-0.2, -0.15) is 0 Å². The van der Waals surface area contributed by atoms with Crippen LogP contribution in [0.5, 0.6) is 0 Å². The molecule has 0 bridgehead atoms. The van der Waals surface area contributed by atoms with E-state index in [-0.39, 0.29) is 24.4 Å². The fraction of sp³-hybridized carbons (Fsp3) is 0.667. The predicted octanol–water partition coefficient (Wildman–Crippen LogP) is 0.479. The fourth-order valence-corrected chi connectivity index (χ4v) is 2.00. The van der Waals surface area contributed by atoms with Gasteiger partial charge in [0.1, 0.15) is 6.04 Å². The minimum atomic E-state index is -0.339. The van der Waals surface area contributed by atoms with Gasteiger partial charge in [-0.1, -0.05) is 12.8 Å². The third-order valence-corrected chi connectivity index (χ3v) is 2.86. The number of nitrogens with zero attached hydrogens (tertiary/aromatic N) is 2. The molecule has 4 nitrogen and oxygen atoms in total. The number of hydrogen-bond donors (Lipinski definition) is 0. The Balaban J connectivity index is 2.70. The lowest BCUT2D eigenvalue weighted by Gasteiger charge is -2.29. The van der Waals surface area contributed by atoms with Crippen LogP contribution in [0.3, 0.4) is 0 Å². The van der Waals surface area contributed by atoms with E-state index < -0.39 is 0 Å². The summed E-state index contributed by atoms with van der Waals surface area (Å²) in [4.78, 5) is 26.8. The lowest BCUT2D eigenvalue weighted by Crippen LogP contribution is -2.47. The molecule has 16 heavy (non-hydrogen) atoms. The summed E-state index contributed by atoms with van der Waals surface area (Å²) in [5, 5.41) is 0. The molecule has 1 atom stereocenters. The number of terminal acetylenes is 1. The molecule has 0 radical (unpaired) electrons. The van der Waals surface area contributed by atoms with Crippen LogP contribution in [0.1, 0.15) is 26.2 Å². The lowest BCUT2D eigenvalue weighted by molar-refractivity contribution is -0.142. The van der Waals surface area contributed by atoms with E-state index >= 15 is 0 Å². The number of rotatable bonds is 4. The maximum Gasteiger partial charge on any atom is 0.245 e. The summed E-state index contributed by atoms with van der Waals surface area (Å²) >= 11 is 0. The first-order valence-corrected chi connectivity index (χ1v) is 5.59. The second kappa shape index (κ2) is 5.55. The Morgan fingerprint density at radius 2 is 2.38 bits per heavy atom. The standard InChI is InChI=1S/C12H18N2O2/c1-4-8-13(3)12(16)10(5-2)14-9-6-7-11(14)15/h1,10H,5-9H2,2-3H3/t10-/m1/s1. The first-order chi connectivity index (χ1) is 7.61. The number of carbonyl (C=O) groups excluding carboxylic acids is 2. The zero-order chi connectivity index (χ0) is 12.1. The molecule has 1 rings (SSSR count). The van der Waals surface area contributed by atoms with Crippen molar-refractivity contribution in [1.29, 1.82) is 0 Å². The molecular weight excluding hydrogens is 204 g/mol. The molecular formula is C12H18N2O2. The van der Waals surface area contributed by atoms with Gasteiger partial charge >= 0.3 is 0 Å². The molecule has 1 saturated heterocycles. The molecule has 0 spiro atoms. The van der Waals surface area contributed by atoms with Gasteiger partial charge in [-0.3, -0.25) is 9.59 Å². The molecule has 0 aromatic carbocycles. The summed E-state index contributed by atoms with van der Waals surface area (Å²) in [6, 6.07) is -0.339. The first-order valence-electron chi connectivity index (χ1n) is 5.59. The second-order valence-corrected chi connectivity index (χ2v) is 4.01. The van der Waals surface area contributed by atoms with Crippen molar-refractivity contribution in [2.75, 3.05) is 20.1 Å². The van der Waals surface area contributed by atoms with Crippen molar-refractivity contribution in [3.63, 3.8) is 0 Å². The van der Waals surface area contributed by atoms with Crippen molar-refractivity contribution in [1.82, 2.24) is 9.80 Å². The van der Waals surface area contributed by atoms with Crippen molar-refractivity contribution in [3.8, 4) is 12.3 Å². The van der Waals surface area contributed by atoms with Gasteiger partial charge in [-0.15, -0.1) is 6.42 Å². The molecule has 1 fully saturated rings. The Kier molecular flexibility index (Phi) is 4.36. The van der Waals surface area contributed by atoms with E-state index in [1.807, 2.05) is 6.92 Å². The predicted molar refractivity (Wildman–Crippen MR) is 61.5 cm³/mol. The van der Waals surface area contributed by atoms with Gasteiger partial charge in [-0.05, 0) is 12.8 Å². The van der Waals surface area contributed by atoms with Crippen LogP contribution >= 0.6 is 0 Å². The number of amides is 2. The quantitative estimate of drug-likeness (QED) is 0.649. The lowest BCUT2D eigenvalue weighted by atomic mass is 10.1. The summed E-state index contributed by atoms with van der Waals surface area (Å²) in [7, 11) is 1.67.